The fourth-order valence-corrected chi connectivity index (χ4v) is 2.33. The molecule has 2 rings (SSSR count). The summed E-state index contributed by atoms with van der Waals surface area (Å²) in [4.78, 5) is 8.80. The van der Waals surface area contributed by atoms with Crippen molar-refractivity contribution >= 4 is 33.3 Å². The van der Waals surface area contributed by atoms with Crippen molar-refractivity contribution < 1.29 is 0 Å². The van der Waals surface area contributed by atoms with Crippen LogP contribution in [0.3, 0.4) is 0 Å². The highest BCUT2D eigenvalue weighted by atomic mass is 79.9. The fourth-order valence-electron chi connectivity index (χ4n) is 1.85. The molecule has 5 nitrogen and oxygen atoms in total. The fraction of sp³-hybridized carbons (Fsp3) is 0.267. The van der Waals surface area contributed by atoms with Crippen LogP contribution >= 0.6 is 15.9 Å². The second kappa shape index (κ2) is 6.55. The van der Waals surface area contributed by atoms with Gasteiger partial charge in [0.1, 0.15) is 17.5 Å². The highest BCUT2D eigenvalue weighted by Gasteiger charge is 2.10. The number of nitrogen functional groups attached to an aromatic ring is 1. The van der Waals surface area contributed by atoms with E-state index in [1.54, 1.807) is 12.1 Å². The Morgan fingerprint density at radius 1 is 1.38 bits per heavy atom. The summed E-state index contributed by atoms with van der Waals surface area (Å²) in [5, 5.41) is 12.1. The summed E-state index contributed by atoms with van der Waals surface area (Å²) in [6.45, 7) is 3.95. The number of rotatable bonds is 4. The van der Waals surface area contributed by atoms with Gasteiger partial charge in [0.2, 0.25) is 0 Å². The van der Waals surface area contributed by atoms with Gasteiger partial charge in [0.25, 0.3) is 0 Å². The van der Waals surface area contributed by atoms with E-state index in [2.05, 4.69) is 44.2 Å². The van der Waals surface area contributed by atoms with E-state index < -0.39 is 0 Å². The number of nitrogens with two attached hydrogens (primary N) is 1. The van der Waals surface area contributed by atoms with Crippen LogP contribution in [0.4, 0.5) is 17.3 Å². The molecule has 1 aromatic heterocycles. The second-order valence-corrected chi connectivity index (χ2v) is 5.53. The Morgan fingerprint density at radius 3 is 2.76 bits per heavy atom. The number of halogens is 1. The summed E-state index contributed by atoms with van der Waals surface area (Å²) in [6.07, 6.45) is 1.75. The summed E-state index contributed by atoms with van der Waals surface area (Å²) in [5.74, 6) is 1.91. The molecule has 0 aliphatic rings. The minimum Gasteiger partial charge on any atom is -0.383 e. The largest absolute Gasteiger partial charge is 0.383 e. The van der Waals surface area contributed by atoms with Crippen LogP contribution in [0.15, 0.2) is 22.7 Å². The maximum atomic E-state index is 8.89. The Labute approximate surface area is 132 Å². The lowest BCUT2D eigenvalue weighted by atomic mass is 10.2. The zero-order chi connectivity index (χ0) is 15.4. The molecule has 0 aliphatic heterocycles. The van der Waals surface area contributed by atoms with E-state index in [4.69, 9.17) is 11.0 Å². The SMILES string of the molecule is CCCc1nc(N)c(C)c(Nc2ccc(C#N)cc2Br)n1. The number of aromatic nitrogens is 2. The highest BCUT2D eigenvalue weighted by Crippen LogP contribution is 2.28. The summed E-state index contributed by atoms with van der Waals surface area (Å²) in [6, 6.07) is 7.44. The number of anilines is 3. The van der Waals surface area contributed by atoms with Crippen molar-refractivity contribution in [1.82, 2.24) is 9.97 Å². The van der Waals surface area contributed by atoms with Gasteiger partial charge in [0.05, 0.1) is 17.3 Å². The van der Waals surface area contributed by atoms with E-state index in [1.807, 2.05) is 13.0 Å². The van der Waals surface area contributed by atoms with Gasteiger partial charge in [-0.05, 0) is 47.5 Å². The van der Waals surface area contributed by atoms with Crippen LogP contribution in [-0.4, -0.2) is 9.97 Å². The molecule has 1 heterocycles. The summed E-state index contributed by atoms with van der Waals surface area (Å²) < 4.78 is 0.801. The van der Waals surface area contributed by atoms with Gasteiger partial charge in [-0.1, -0.05) is 6.92 Å². The van der Waals surface area contributed by atoms with E-state index in [-0.39, 0.29) is 0 Å². The topological polar surface area (TPSA) is 87.6 Å². The number of nitriles is 1. The molecule has 0 saturated heterocycles. The molecule has 1 aromatic carbocycles. The predicted molar refractivity (Wildman–Crippen MR) is 87.3 cm³/mol. The molecule has 2 aromatic rings. The van der Waals surface area contributed by atoms with Crippen molar-refractivity contribution in [1.29, 1.82) is 5.26 Å². The van der Waals surface area contributed by atoms with E-state index in [0.717, 1.165) is 34.4 Å². The number of hydrogen-bond acceptors (Lipinski definition) is 5. The third kappa shape index (κ3) is 3.50. The van der Waals surface area contributed by atoms with Crippen molar-refractivity contribution in [2.24, 2.45) is 0 Å². The average molecular weight is 346 g/mol. The van der Waals surface area contributed by atoms with Gasteiger partial charge in [-0.3, -0.25) is 0 Å². The number of benzene rings is 1. The van der Waals surface area contributed by atoms with Crippen molar-refractivity contribution in [2.45, 2.75) is 26.7 Å². The minimum atomic E-state index is 0.487. The number of nitrogens with one attached hydrogen (secondary N) is 1. The first kappa shape index (κ1) is 15.3. The molecule has 0 atom stereocenters. The first-order valence-corrected chi connectivity index (χ1v) is 7.44. The van der Waals surface area contributed by atoms with E-state index >= 15 is 0 Å². The van der Waals surface area contributed by atoms with E-state index in [0.29, 0.717) is 17.2 Å². The Hall–Kier alpha value is -2.13. The normalized spacial score (nSPS) is 10.2. The lowest BCUT2D eigenvalue weighted by Gasteiger charge is -2.13. The lowest BCUT2D eigenvalue weighted by molar-refractivity contribution is 0.836. The molecule has 108 valence electrons. The highest BCUT2D eigenvalue weighted by molar-refractivity contribution is 9.10. The van der Waals surface area contributed by atoms with Gasteiger partial charge in [0.15, 0.2) is 0 Å². The van der Waals surface area contributed by atoms with Crippen LogP contribution in [0.1, 0.15) is 30.3 Å². The van der Waals surface area contributed by atoms with Crippen molar-refractivity contribution in [2.75, 3.05) is 11.1 Å². The quantitative estimate of drug-likeness (QED) is 0.881. The van der Waals surface area contributed by atoms with Crippen LogP contribution in [0.5, 0.6) is 0 Å². The van der Waals surface area contributed by atoms with E-state index in [1.165, 1.54) is 0 Å². The van der Waals surface area contributed by atoms with Crippen molar-refractivity contribution in [3.63, 3.8) is 0 Å². The van der Waals surface area contributed by atoms with Crippen LogP contribution < -0.4 is 11.1 Å². The molecule has 21 heavy (non-hydrogen) atoms. The molecule has 0 amide bonds. The lowest BCUT2D eigenvalue weighted by Crippen LogP contribution is -2.07. The average Bonchev–Trinajstić information content (AvgIpc) is 2.46. The molecule has 0 saturated carbocycles. The van der Waals surface area contributed by atoms with Crippen molar-refractivity contribution in [3.05, 3.63) is 39.6 Å². The second-order valence-electron chi connectivity index (χ2n) is 4.68. The molecule has 0 bridgehead atoms. The number of aryl methyl sites for hydroxylation is 1. The van der Waals surface area contributed by atoms with E-state index in [9.17, 15) is 0 Å². The van der Waals surface area contributed by atoms with Crippen LogP contribution in [-0.2, 0) is 6.42 Å². The van der Waals surface area contributed by atoms with Gasteiger partial charge in [-0.25, -0.2) is 9.97 Å². The van der Waals surface area contributed by atoms with Crippen molar-refractivity contribution in [3.8, 4) is 6.07 Å². The number of nitrogens with zero attached hydrogens (tertiary/aromatic N) is 3. The van der Waals surface area contributed by atoms with Crippen LogP contribution in [0.2, 0.25) is 0 Å². The monoisotopic (exact) mass is 345 g/mol. The van der Waals surface area contributed by atoms with Gasteiger partial charge >= 0.3 is 0 Å². The Bertz CT molecular complexity index is 706. The molecule has 0 fully saturated rings. The first-order valence-electron chi connectivity index (χ1n) is 6.64. The summed E-state index contributed by atoms with van der Waals surface area (Å²) in [7, 11) is 0. The molecule has 3 N–H and O–H groups in total. The Balaban J connectivity index is 2.37. The smallest absolute Gasteiger partial charge is 0.139 e. The predicted octanol–water partition coefficient (Wildman–Crippen LogP) is 3.70. The van der Waals surface area contributed by atoms with Gasteiger partial charge in [-0.2, -0.15) is 5.26 Å². The third-order valence-electron chi connectivity index (χ3n) is 3.05. The summed E-state index contributed by atoms with van der Waals surface area (Å²) >= 11 is 3.45. The summed E-state index contributed by atoms with van der Waals surface area (Å²) in [5.41, 5.74) is 8.18. The molecule has 0 unspecified atom stereocenters. The Kier molecular flexibility index (Phi) is 4.76. The first-order chi connectivity index (χ1) is 10.0. The van der Waals surface area contributed by atoms with Crippen LogP contribution in [0.25, 0.3) is 0 Å². The minimum absolute atomic E-state index is 0.487. The molecule has 0 aliphatic carbocycles. The zero-order valence-corrected chi connectivity index (χ0v) is 13.5. The molecular formula is C15H16BrN5. The maximum Gasteiger partial charge on any atom is 0.139 e. The van der Waals surface area contributed by atoms with Gasteiger partial charge in [0, 0.05) is 16.5 Å². The zero-order valence-electron chi connectivity index (χ0n) is 11.9. The van der Waals surface area contributed by atoms with Crippen LogP contribution in [0, 0.1) is 18.3 Å². The van der Waals surface area contributed by atoms with Gasteiger partial charge < -0.3 is 11.1 Å². The molecule has 6 heteroatoms. The molecular weight excluding hydrogens is 330 g/mol. The van der Waals surface area contributed by atoms with Gasteiger partial charge in [-0.15, -0.1) is 0 Å². The third-order valence-corrected chi connectivity index (χ3v) is 3.71. The molecule has 0 radical (unpaired) electrons. The number of hydrogen-bond donors (Lipinski definition) is 2. The molecule has 0 spiro atoms. The maximum absolute atomic E-state index is 8.89. The standard InChI is InChI=1S/C15H16BrN5/c1-3-4-13-20-14(18)9(2)15(21-13)19-12-6-5-10(8-17)7-11(12)16/h5-7H,3-4H2,1-2H3,(H3,18,19,20,21). The Morgan fingerprint density at radius 2 is 2.14 bits per heavy atom.